The average Bonchev–Trinajstić information content (AvgIpc) is 2.70. The van der Waals surface area contributed by atoms with Crippen molar-refractivity contribution in [2.45, 2.75) is 38.3 Å². The minimum Gasteiger partial charge on any atom is -0.381 e. The molecule has 0 aliphatic carbocycles. The van der Waals surface area contributed by atoms with E-state index in [1.54, 1.807) is 0 Å². The van der Waals surface area contributed by atoms with E-state index in [1.165, 1.54) is 0 Å². The number of rotatable bonds is 2. The molecule has 1 amide bonds. The zero-order valence-electron chi connectivity index (χ0n) is 9.70. The molecule has 0 bridgehead atoms. The number of carbonyl (C=O) groups excluding carboxylic acids is 1. The van der Waals surface area contributed by atoms with Gasteiger partial charge < -0.3 is 15.4 Å². The fourth-order valence-electron chi connectivity index (χ4n) is 2.32. The van der Waals surface area contributed by atoms with E-state index in [2.05, 4.69) is 17.6 Å². The molecule has 0 spiro atoms. The Bertz CT molecular complexity index is 232. The fourth-order valence-corrected chi connectivity index (χ4v) is 2.32. The van der Waals surface area contributed by atoms with Crippen LogP contribution in [0.4, 0.5) is 0 Å². The number of hydrogen-bond acceptors (Lipinski definition) is 3. The van der Waals surface area contributed by atoms with Crippen LogP contribution in [0.1, 0.15) is 26.2 Å². The molecule has 2 aliphatic rings. The fraction of sp³-hybridized carbons (Fsp3) is 0.909. The second kappa shape index (κ2) is 6.42. The highest BCUT2D eigenvalue weighted by Crippen LogP contribution is 2.14. The highest BCUT2D eigenvalue weighted by Gasteiger charge is 2.27. The van der Waals surface area contributed by atoms with Gasteiger partial charge in [-0.2, -0.15) is 0 Å². The van der Waals surface area contributed by atoms with Crippen LogP contribution >= 0.6 is 12.4 Å². The van der Waals surface area contributed by atoms with Crippen molar-refractivity contribution in [1.29, 1.82) is 0 Å². The molecule has 3 atom stereocenters. The average molecular weight is 249 g/mol. The molecule has 2 rings (SSSR count). The molecule has 0 aromatic rings. The summed E-state index contributed by atoms with van der Waals surface area (Å²) in [5.74, 6) is 0.279. The molecule has 0 aromatic heterocycles. The van der Waals surface area contributed by atoms with Gasteiger partial charge in [-0.1, -0.05) is 0 Å². The third-order valence-corrected chi connectivity index (χ3v) is 3.27. The number of nitrogens with one attached hydrogen (secondary N) is 2. The van der Waals surface area contributed by atoms with E-state index in [1.807, 2.05) is 0 Å². The molecular weight excluding hydrogens is 228 g/mol. The summed E-state index contributed by atoms with van der Waals surface area (Å²) in [6.07, 6.45) is 2.97. The van der Waals surface area contributed by atoms with Gasteiger partial charge in [0, 0.05) is 18.7 Å². The lowest BCUT2D eigenvalue weighted by Gasteiger charge is -2.29. The highest BCUT2D eigenvalue weighted by molar-refractivity contribution is 5.85. The van der Waals surface area contributed by atoms with Crippen molar-refractivity contribution in [1.82, 2.24) is 10.6 Å². The Balaban J connectivity index is 0.00000128. The van der Waals surface area contributed by atoms with Crippen molar-refractivity contribution in [3.8, 4) is 0 Å². The first-order valence-corrected chi connectivity index (χ1v) is 5.87. The van der Waals surface area contributed by atoms with E-state index >= 15 is 0 Å². The predicted molar refractivity (Wildman–Crippen MR) is 64.8 cm³/mol. The highest BCUT2D eigenvalue weighted by atomic mass is 35.5. The zero-order chi connectivity index (χ0) is 10.7. The summed E-state index contributed by atoms with van der Waals surface area (Å²) in [7, 11) is 0. The Morgan fingerprint density at radius 1 is 1.44 bits per heavy atom. The molecule has 2 N–H and O–H groups in total. The van der Waals surface area contributed by atoms with Crippen molar-refractivity contribution in [2.24, 2.45) is 5.92 Å². The van der Waals surface area contributed by atoms with Gasteiger partial charge in [-0.25, -0.2) is 0 Å². The van der Waals surface area contributed by atoms with Gasteiger partial charge in [-0.15, -0.1) is 12.4 Å². The Morgan fingerprint density at radius 2 is 2.25 bits per heavy atom. The summed E-state index contributed by atoms with van der Waals surface area (Å²) in [5, 5.41) is 6.51. The van der Waals surface area contributed by atoms with E-state index in [9.17, 15) is 4.79 Å². The number of piperidine rings is 1. The van der Waals surface area contributed by atoms with Crippen molar-refractivity contribution in [3.05, 3.63) is 0 Å². The van der Waals surface area contributed by atoms with Gasteiger partial charge in [-0.3, -0.25) is 4.79 Å². The SMILES string of the molecule is CC1CC(NC(=O)C2CCOC2)CCN1.Cl. The van der Waals surface area contributed by atoms with Crippen LogP contribution in [0.5, 0.6) is 0 Å². The largest absolute Gasteiger partial charge is 0.381 e. The van der Waals surface area contributed by atoms with Gasteiger partial charge in [0.15, 0.2) is 0 Å². The molecule has 0 aromatic carbocycles. The van der Waals surface area contributed by atoms with Gasteiger partial charge in [0.25, 0.3) is 0 Å². The number of amides is 1. The van der Waals surface area contributed by atoms with Crippen LogP contribution in [0.25, 0.3) is 0 Å². The topological polar surface area (TPSA) is 50.4 Å². The standard InChI is InChI=1S/C11H20N2O2.ClH/c1-8-6-10(2-4-12-8)13-11(14)9-3-5-15-7-9;/h8-10,12H,2-7H2,1H3,(H,13,14);1H. The van der Waals surface area contributed by atoms with Gasteiger partial charge >= 0.3 is 0 Å². The quantitative estimate of drug-likeness (QED) is 0.757. The van der Waals surface area contributed by atoms with Crippen molar-refractivity contribution in [2.75, 3.05) is 19.8 Å². The summed E-state index contributed by atoms with van der Waals surface area (Å²) in [6, 6.07) is 0.873. The van der Waals surface area contributed by atoms with Gasteiger partial charge in [0.1, 0.15) is 0 Å². The summed E-state index contributed by atoms with van der Waals surface area (Å²) < 4.78 is 5.22. The molecule has 2 aliphatic heterocycles. The maximum absolute atomic E-state index is 11.8. The molecule has 4 nitrogen and oxygen atoms in total. The lowest BCUT2D eigenvalue weighted by molar-refractivity contribution is -0.125. The van der Waals surface area contributed by atoms with Crippen molar-refractivity contribution in [3.63, 3.8) is 0 Å². The maximum Gasteiger partial charge on any atom is 0.225 e. The first-order chi connectivity index (χ1) is 7.25. The molecule has 0 radical (unpaired) electrons. The molecule has 0 saturated carbocycles. The third kappa shape index (κ3) is 3.61. The van der Waals surface area contributed by atoms with Crippen LogP contribution in [0.3, 0.4) is 0 Å². The van der Waals surface area contributed by atoms with E-state index < -0.39 is 0 Å². The molecule has 94 valence electrons. The molecule has 2 saturated heterocycles. The van der Waals surface area contributed by atoms with Crippen LogP contribution in [-0.4, -0.2) is 37.7 Å². The Labute approximate surface area is 103 Å². The Hall–Kier alpha value is -0.320. The number of hydrogen-bond donors (Lipinski definition) is 2. The summed E-state index contributed by atoms with van der Waals surface area (Å²) in [4.78, 5) is 11.8. The summed E-state index contributed by atoms with van der Waals surface area (Å²) in [6.45, 7) is 4.51. The van der Waals surface area contributed by atoms with E-state index in [0.717, 1.165) is 32.4 Å². The first kappa shape index (κ1) is 13.7. The summed E-state index contributed by atoms with van der Waals surface area (Å²) in [5.41, 5.74) is 0. The minimum atomic E-state index is 0. The van der Waals surface area contributed by atoms with Crippen molar-refractivity contribution < 1.29 is 9.53 Å². The maximum atomic E-state index is 11.8. The normalized spacial score (nSPS) is 34.2. The molecule has 2 fully saturated rings. The first-order valence-electron chi connectivity index (χ1n) is 5.87. The van der Waals surface area contributed by atoms with Crippen LogP contribution in [0.15, 0.2) is 0 Å². The number of halogens is 1. The van der Waals surface area contributed by atoms with E-state index in [4.69, 9.17) is 4.74 Å². The lowest BCUT2D eigenvalue weighted by Crippen LogP contribution is -2.48. The van der Waals surface area contributed by atoms with Gasteiger partial charge in [0.2, 0.25) is 5.91 Å². The Morgan fingerprint density at radius 3 is 2.88 bits per heavy atom. The smallest absolute Gasteiger partial charge is 0.225 e. The Kier molecular flexibility index (Phi) is 5.52. The second-order valence-electron chi connectivity index (χ2n) is 4.65. The number of carbonyl (C=O) groups is 1. The predicted octanol–water partition coefficient (Wildman–Crippen LogP) is 0.701. The molecule has 2 heterocycles. The van der Waals surface area contributed by atoms with E-state index in [-0.39, 0.29) is 24.2 Å². The molecule has 16 heavy (non-hydrogen) atoms. The zero-order valence-corrected chi connectivity index (χ0v) is 10.5. The van der Waals surface area contributed by atoms with Gasteiger partial charge in [0.05, 0.1) is 12.5 Å². The third-order valence-electron chi connectivity index (χ3n) is 3.27. The lowest BCUT2D eigenvalue weighted by atomic mass is 9.99. The second-order valence-corrected chi connectivity index (χ2v) is 4.65. The molecule has 3 unspecified atom stereocenters. The van der Waals surface area contributed by atoms with E-state index in [0.29, 0.717) is 18.7 Å². The van der Waals surface area contributed by atoms with Crippen LogP contribution < -0.4 is 10.6 Å². The number of ether oxygens (including phenoxy) is 1. The summed E-state index contributed by atoms with van der Waals surface area (Å²) >= 11 is 0. The van der Waals surface area contributed by atoms with Crippen molar-refractivity contribution >= 4 is 18.3 Å². The minimum absolute atomic E-state index is 0. The molecular formula is C11H21ClN2O2. The van der Waals surface area contributed by atoms with Crippen LogP contribution in [0, 0.1) is 5.92 Å². The van der Waals surface area contributed by atoms with Crippen LogP contribution in [0.2, 0.25) is 0 Å². The monoisotopic (exact) mass is 248 g/mol. The van der Waals surface area contributed by atoms with Gasteiger partial charge in [-0.05, 0) is 32.7 Å². The molecule has 5 heteroatoms. The van der Waals surface area contributed by atoms with Crippen LogP contribution in [-0.2, 0) is 9.53 Å².